The molecule has 17 heavy (non-hydrogen) atoms. The Bertz CT molecular complexity index is 397. The Labute approximate surface area is 103 Å². The monoisotopic (exact) mass is 232 g/mol. The fourth-order valence-electron chi connectivity index (χ4n) is 2.13. The van der Waals surface area contributed by atoms with Gasteiger partial charge in [-0.1, -0.05) is 17.7 Å². The highest BCUT2D eigenvalue weighted by Crippen LogP contribution is 2.18. The minimum atomic E-state index is 0.203. The summed E-state index contributed by atoms with van der Waals surface area (Å²) in [5.74, 6) is 0.203. The molecule has 0 spiro atoms. The Morgan fingerprint density at radius 2 is 1.76 bits per heavy atom. The summed E-state index contributed by atoms with van der Waals surface area (Å²) in [7, 11) is 0. The minimum Gasteiger partial charge on any atom is -0.310 e. The van der Waals surface area contributed by atoms with Crippen molar-refractivity contribution in [3.63, 3.8) is 0 Å². The second-order valence-electron chi connectivity index (χ2n) is 4.95. The molecule has 2 rings (SSSR count). The van der Waals surface area contributed by atoms with Gasteiger partial charge >= 0.3 is 0 Å². The Morgan fingerprint density at radius 3 is 2.29 bits per heavy atom. The van der Waals surface area contributed by atoms with Crippen molar-refractivity contribution in [2.75, 3.05) is 24.5 Å². The van der Waals surface area contributed by atoms with Crippen LogP contribution in [-0.4, -0.2) is 36.5 Å². The lowest BCUT2D eigenvalue weighted by Crippen LogP contribution is -2.52. The van der Waals surface area contributed by atoms with Crippen molar-refractivity contribution in [2.45, 2.75) is 26.8 Å². The van der Waals surface area contributed by atoms with Crippen molar-refractivity contribution in [3.05, 3.63) is 29.8 Å². The first-order valence-electron chi connectivity index (χ1n) is 6.19. The zero-order valence-corrected chi connectivity index (χ0v) is 10.8. The van der Waals surface area contributed by atoms with Crippen LogP contribution in [0.1, 0.15) is 19.4 Å². The molecule has 0 N–H and O–H groups in total. The molecule has 0 aromatic heterocycles. The van der Waals surface area contributed by atoms with E-state index in [1.54, 1.807) is 0 Å². The number of amides is 1. The van der Waals surface area contributed by atoms with E-state index in [4.69, 9.17) is 0 Å². The lowest BCUT2D eigenvalue weighted by atomic mass is 10.2. The lowest BCUT2D eigenvalue weighted by Gasteiger charge is -2.36. The van der Waals surface area contributed by atoms with Gasteiger partial charge in [0.15, 0.2) is 0 Å². The van der Waals surface area contributed by atoms with Crippen LogP contribution in [0.15, 0.2) is 24.3 Å². The maximum Gasteiger partial charge on any atom is 0.241 e. The molecule has 0 aliphatic carbocycles. The van der Waals surface area contributed by atoms with Crippen LogP contribution in [0.3, 0.4) is 0 Å². The predicted octanol–water partition coefficient (Wildman–Crippen LogP) is 2.05. The quantitative estimate of drug-likeness (QED) is 0.779. The Hall–Kier alpha value is -1.35. The van der Waals surface area contributed by atoms with E-state index in [0.717, 1.165) is 18.8 Å². The topological polar surface area (TPSA) is 23.6 Å². The van der Waals surface area contributed by atoms with E-state index in [2.05, 4.69) is 37.8 Å². The van der Waals surface area contributed by atoms with Gasteiger partial charge in [0.2, 0.25) is 5.91 Å². The van der Waals surface area contributed by atoms with Gasteiger partial charge in [0.25, 0.3) is 0 Å². The summed E-state index contributed by atoms with van der Waals surface area (Å²) in [6.07, 6.45) is 0. The van der Waals surface area contributed by atoms with Crippen LogP contribution in [0.25, 0.3) is 0 Å². The molecule has 0 radical (unpaired) electrons. The van der Waals surface area contributed by atoms with Crippen LogP contribution in [-0.2, 0) is 4.79 Å². The van der Waals surface area contributed by atoms with Gasteiger partial charge in [-0.05, 0) is 32.9 Å². The maximum atomic E-state index is 12.1. The van der Waals surface area contributed by atoms with Gasteiger partial charge in [-0.3, -0.25) is 9.69 Å². The molecule has 1 amide bonds. The molecule has 0 bridgehead atoms. The summed E-state index contributed by atoms with van der Waals surface area (Å²) in [6, 6.07) is 8.60. The summed E-state index contributed by atoms with van der Waals surface area (Å²) in [4.78, 5) is 16.2. The second-order valence-corrected chi connectivity index (χ2v) is 4.95. The molecule has 0 unspecified atom stereocenters. The fraction of sp³-hybridized carbons (Fsp3) is 0.500. The molecule has 1 aromatic rings. The lowest BCUT2D eigenvalue weighted by molar-refractivity contribution is -0.121. The zero-order chi connectivity index (χ0) is 12.4. The van der Waals surface area contributed by atoms with Crippen molar-refractivity contribution in [2.24, 2.45) is 0 Å². The highest BCUT2D eigenvalue weighted by atomic mass is 16.2. The molecule has 1 aliphatic rings. The number of piperazine rings is 1. The average Bonchev–Trinajstić information content (AvgIpc) is 2.30. The number of hydrogen-bond acceptors (Lipinski definition) is 2. The number of aryl methyl sites for hydroxylation is 1. The highest BCUT2D eigenvalue weighted by Gasteiger charge is 2.25. The van der Waals surface area contributed by atoms with Gasteiger partial charge in [-0.25, -0.2) is 0 Å². The normalized spacial score (nSPS) is 17.9. The summed E-state index contributed by atoms with van der Waals surface area (Å²) < 4.78 is 0. The first kappa shape index (κ1) is 12.1. The third-order valence-corrected chi connectivity index (χ3v) is 3.33. The third kappa shape index (κ3) is 2.67. The Kier molecular flexibility index (Phi) is 3.48. The van der Waals surface area contributed by atoms with E-state index >= 15 is 0 Å². The first-order valence-corrected chi connectivity index (χ1v) is 6.19. The van der Waals surface area contributed by atoms with Gasteiger partial charge in [0.1, 0.15) is 0 Å². The number of hydrogen-bond donors (Lipinski definition) is 0. The van der Waals surface area contributed by atoms with E-state index in [0.29, 0.717) is 12.6 Å². The van der Waals surface area contributed by atoms with Gasteiger partial charge in [0, 0.05) is 24.8 Å². The standard InChI is InChI=1S/C14H20N2O/c1-11(2)15-8-9-16(14(17)10-15)13-6-4-12(3)5-7-13/h4-7,11H,8-10H2,1-3H3. The van der Waals surface area contributed by atoms with Crippen LogP contribution in [0, 0.1) is 6.92 Å². The predicted molar refractivity (Wildman–Crippen MR) is 70.2 cm³/mol. The number of nitrogens with zero attached hydrogens (tertiary/aromatic N) is 2. The zero-order valence-electron chi connectivity index (χ0n) is 10.8. The molecule has 3 heteroatoms. The molecular formula is C14H20N2O. The van der Waals surface area contributed by atoms with Crippen LogP contribution in [0.2, 0.25) is 0 Å². The van der Waals surface area contributed by atoms with Crippen LogP contribution < -0.4 is 4.90 Å². The van der Waals surface area contributed by atoms with Gasteiger partial charge in [0.05, 0.1) is 6.54 Å². The summed E-state index contributed by atoms with van der Waals surface area (Å²) in [6.45, 7) is 8.61. The molecule has 3 nitrogen and oxygen atoms in total. The smallest absolute Gasteiger partial charge is 0.241 e. The third-order valence-electron chi connectivity index (χ3n) is 3.33. The first-order chi connectivity index (χ1) is 8.08. The maximum absolute atomic E-state index is 12.1. The molecule has 0 saturated carbocycles. The van der Waals surface area contributed by atoms with Crippen LogP contribution in [0.4, 0.5) is 5.69 Å². The largest absolute Gasteiger partial charge is 0.310 e. The SMILES string of the molecule is Cc1ccc(N2CCN(C(C)C)CC2=O)cc1. The van der Waals surface area contributed by atoms with E-state index in [1.807, 2.05) is 17.0 Å². The molecule has 1 heterocycles. The second kappa shape index (κ2) is 4.88. The van der Waals surface area contributed by atoms with Crippen LogP contribution >= 0.6 is 0 Å². The number of carbonyl (C=O) groups is 1. The molecule has 1 saturated heterocycles. The van der Waals surface area contributed by atoms with E-state index in [1.165, 1.54) is 5.56 Å². The van der Waals surface area contributed by atoms with Crippen molar-refractivity contribution < 1.29 is 4.79 Å². The van der Waals surface area contributed by atoms with Crippen LogP contribution in [0.5, 0.6) is 0 Å². The van der Waals surface area contributed by atoms with E-state index in [-0.39, 0.29) is 5.91 Å². The summed E-state index contributed by atoms with van der Waals surface area (Å²) in [5, 5.41) is 0. The fourth-order valence-corrected chi connectivity index (χ4v) is 2.13. The number of anilines is 1. The van der Waals surface area contributed by atoms with Gasteiger partial charge < -0.3 is 4.90 Å². The van der Waals surface area contributed by atoms with Gasteiger partial charge in [-0.15, -0.1) is 0 Å². The molecule has 1 aliphatic heterocycles. The van der Waals surface area contributed by atoms with E-state index < -0.39 is 0 Å². The summed E-state index contributed by atoms with van der Waals surface area (Å²) in [5.41, 5.74) is 2.24. The summed E-state index contributed by atoms with van der Waals surface area (Å²) >= 11 is 0. The molecule has 1 fully saturated rings. The molecular weight excluding hydrogens is 212 g/mol. The minimum absolute atomic E-state index is 0.203. The Balaban J connectivity index is 2.09. The number of benzene rings is 1. The van der Waals surface area contributed by atoms with Crippen molar-refractivity contribution >= 4 is 11.6 Å². The highest BCUT2D eigenvalue weighted by molar-refractivity contribution is 5.95. The molecule has 92 valence electrons. The van der Waals surface area contributed by atoms with Crippen molar-refractivity contribution in [3.8, 4) is 0 Å². The van der Waals surface area contributed by atoms with Crippen molar-refractivity contribution in [1.82, 2.24) is 4.90 Å². The van der Waals surface area contributed by atoms with Crippen molar-refractivity contribution in [1.29, 1.82) is 0 Å². The van der Waals surface area contributed by atoms with E-state index in [9.17, 15) is 4.79 Å². The number of carbonyl (C=O) groups excluding carboxylic acids is 1. The van der Waals surface area contributed by atoms with Gasteiger partial charge in [-0.2, -0.15) is 0 Å². The molecule has 0 atom stereocenters. The Morgan fingerprint density at radius 1 is 1.12 bits per heavy atom. The average molecular weight is 232 g/mol. The molecule has 1 aromatic carbocycles. The number of rotatable bonds is 2.